The van der Waals surface area contributed by atoms with Crippen molar-refractivity contribution in [3.05, 3.63) is 45.2 Å². The molecule has 0 radical (unpaired) electrons. The van der Waals surface area contributed by atoms with Gasteiger partial charge in [0.05, 0.1) is 18.7 Å². The summed E-state index contributed by atoms with van der Waals surface area (Å²) in [6.45, 7) is 8.13. The third kappa shape index (κ3) is 4.82. The second-order valence-corrected chi connectivity index (χ2v) is 8.08. The van der Waals surface area contributed by atoms with Gasteiger partial charge in [0.1, 0.15) is 11.2 Å². The number of ether oxygens (including phenoxy) is 2. The van der Waals surface area contributed by atoms with Crippen LogP contribution in [0, 0.1) is 11.8 Å². The number of amides is 1. The molecule has 0 aliphatic carbocycles. The second kappa shape index (κ2) is 8.62. The number of rotatable bonds is 3. The Morgan fingerprint density at radius 1 is 1.27 bits per heavy atom. The van der Waals surface area contributed by atoms with E-state index in [0.717, 1.165) is 30.5 Å². The number of aromatic nitrogens is 1. The normalized spacial score (nSPS) is 12.7. The van der Waals surface area contributed by atoms with Crippen molar-refractivity contribution in [2.75, 3.05) is 13.2 Å². The van der Waals surface area contributed by atoms with E-state index in [0.29, 0.717) is 10.9 Å². The molecule has 2 aromatic rings. The highest BCUT2D eigenvalue weighted by Gasteiger charge is 2.21. The first-order valence-corrected chi connectivity index (χ1v) is 10.0. The van der Waals surface area contributed by atoms with Gasteiger partial charge in [-0.2, -0.15) is 0 Å². The molecule has 2 heterocycles. The lowest BCUT2D eigenvalue weighted by Crippen LogP contribution is -2.32. The lowest BCUT2D eigenvalue weighted by Gasteiger charge is -2.21. The molecule has 0 saturated heterocycles. The second-order valence-electron chi connectivity index (χ2n) is 8.08. The van der Waals surface area contributed by atoms with E-state index in [-0.39, 0.29) is 24.1 Å². The average molecular weight is 410 g/mol. The zero-order valence-electron chi connectivity index (χ0n) is 17.8. The first kappa shape index (κ1) is 21.4. The van der Waals surface area contributed by atoms with Crippen molar-refractivity contribution >= 4 is 23.0 Å². The Hall–Kier alpha value is -3.27. The Morgan fingerprint density at radius 2 is 2.03 bits per heavy atom. The molecule has 7 nitrogen and oxygen atoms in total. The van der Waals surface area contributed by atoms with E-state index in [1.807, 2.05) is 10.6 Å². The number of nitrogens with zero attached hydrogens (tertiary/aromatic N) is 1. The molecule has 1 amide bonds. The van der Waals surface area contributed by atoms with Gasteiger partial charge in [-0.05, 0) is 58.2 Å². The lowest BCUT2D eigenvalue weighted by atomic mass is 9.97. The Balaban J connectivity index is 1.92. The molecule has 158 valence electrons. The highest BCUT2D eigenvalue weighted by Crippen LogP contribution is 2.25. The summed E-state index contributed by atoms with van der Waals surface area (Å²) in [7, 11) is 0. The monoisotopic (exact) mass is 410 g/mol. The van der Waals surface area contributed by atoms with Crippen LogP contribution in [0.5, 0.6) is 0 Å². The predicted molar refractivity (Wildman–Crippen MR) is 114 cm³/mol. The van der Waals surface area contributed by atoms with Crippen molar-refractivity contribution in [2.45, 2.75) is 52.7 Å². The molecular weight excluding hydrogens is 384 g/mol. The highest BCUT2D eigenvalue weighted by molar-refractivity contribution is 5.95. The molecule has 0 fully saturated rings. The molecule has 0 saturated carbocycles. The van der Waals surface area contributed by atoms with E-state index in [1.54, 1.807) is 40.0 Å². The zero-order valence-corrected chi connectivity index (χ0v) is 17.8. The maximum atomic E-state index is 13.0. The molecular formula is C23H26N2O5. The molecule has 0 unspecified atom stereocenters. The molecule has 1 aromatic heterocycles. The van der Waals surface area contributed by atoms with Crippen LogP contribution in [-0.4, -0.2) is 35.4 Å². The third-order valence-electron chi connectivity index (χ3n) is 4.54. The number of hydrogen-bond donors (Lipinski definition) is 1. The van der Waals surface area contributed by atoms with Gasteiger partial charge >= 0.3 is 12.1 Å². The molecule has 1 aliphatic heterocycles. The van der Waals surface area contributed by atoms with Crippen LogP contribution in [0.25, 0.3) is 10.9 Å². The molecule has 3 rings (SSSR count). The van der Waals surface area contributed by atoms with Crippen LogP contribution >= 0.6 is 0 Å². The van der Waals surface area contributed by atoms with Gasteiger partial charge in [0.2, 0.25) is 5.43 Å². The van der Waals surface area contributed by atoms with Crippen LogP contribution in [0.15, 0.2) is 23.1 Å². The number of hydrogen-bond acceptors (Lipinski definition) is 5. The summed E-state index contributed by atoms with van der Waals surface area (Å²) < 4.78 is 12.2. The van der Waals surface area contributed by atoms with Gasteiger partial charge in [-0.1, -0.05) is 11.8 Å². The summed E-state index contributed by atoms with van der Waals surface area (Å²) in [5, 5.41) is 3.04. The van der Waals surface area contributed by atoms with Crippen molar-refractivity contribution in [3.63, 3.8) is 0 Å². The minimum atomic E-state index is -0.613. The number of benzene rings is 1. The largest absolute Gasteiger partial charge is 0.462 e. The fourth-order valence-electron chi connectivity index (χ4n) is 3.44. The molecule has 0 atom stereocenters. The number of carbonyl (C=O) groups excluding carboxylic acids is 2. The van der Waals surface area contributed by atoms with E-state index in [9.17, 15) is 14.4 Å². The first-order chi connectivity index (χ1) is 14.2. The SMILES string of the molecule is CCOC(=O)c1cn2c3c(cc(C#CCNC(=O)OC(C)(C)C)cc3c1=O)CCC2. The van der Waals surface area contributed by atoms with E-state index in [1.165, 1.54) is 0 Å². The molecule has 7 heteroatoms. The van der Waals surface area contributed by atoms with Crippen molar-refractivity contribution in [1.82, 2.24) is 9.88 Å². The maximum absolute atomic E-state index is 13.0. The fourth-order valence-corrected chi connectivity index (χ4v) is 3.44. The number of alkyl carbamates (subject to hydrolysis) is 1. The van der Waals surface area contributed by atoms with E-state index < -0.39 is 17.7 Å². The van der Waals surface area contributed by atoms with Gasteiger partial charge in [-0.25, -0.2) is 9.59 Å². The van der Waals surface area contributed by atoms with E-state index in [4.69, 9.17) is 9.47 Å². The standard InChI is InChI=1S/C23H26N2O5/c1-5-29-21(27)18-14-25-11-7-9-16-12-15(13-17(19(16)25)20(18)26)8-6-10-24-22(28)30-23(2,3)4/h12-14H,5,7,9-11H2,1-4H3,(H,24,28). The third-order valence-corrected chi connectivity index (χ3v) is 4.54. The van der Waals surface area contributed by atoms with E-state index in [2.05, 4.69) is 17.2 Å². The number of aryl methyl sites for hydroxylation is 2. The summed E-state index contributed by atoms with van der Waals surface area (Å²) in [4.78, 5) is 36.9. The summed E-state index contributed by atoms with van der Waals surface area (Å²) in [5.74, 6) is 5.26. The quantitative estimate of drug-likeness (QED) is 0.621. The highest BCUT2D eigenvalue weighted by atomic mass is 16.6. The molecule has 1 aromatic carbocycles. The number of esters is 1. The van der Waals surface area contributed by atoms with Crippen LogP contribution in [0.2, 0.25) is 0 Å². The summed E-state index contributed by atoms with van der Waals surface area (Å²) in [5.41, 5.74) is 1.64. The first-order valence-electron chi connectivity index (χ1n) is 10.0. The van der Waals surface area contributed by atoms with Gasteiger partial charge in [0.15, 0.2) is 0 Å². The topological polar surface area (TPSA) is 86.6 Å². The number of carbonyl (C=O) groups is 2. The summed E-state index contributed by atoms with van der Waals surface area (Å²) >= 11 is 0. The van der Waals surface area contributed by atoms with Gasteiger partial charge in [0, 0.05) is 23.7 Å². The fraction of sp³-hybridized carbons (Fsp3) is 0.435. The Kier molecular flexibility index (Phi) is 6.16. The zero-order chi connectivity index (χ0) is 21.9. The minimum Gasteiger partial charge on any atom is -0.462 e. The summed E-state index contributed by atoms with van der Waals surface area (Å²) in [6.07, 6.45) is 2.80. The Morgan fingerprint density at radius 3 is 2.73 bits per heavy atom. The smallest absolute Gasteiger partial charge is 0.408 e. The van der Waals surface area contributed by atoms with Crippen molar-refractivity contribution in [1.29, 1.82) is 0 Å². The molecule has 30 heavy (non-hydrogen) atoms. The van der Waals surface area contributed by atoms with E-state index >= 15 is 0 Å². The van der Waals surface area contributed by atoms with Gasteiger partial charge in [-0.3, -0.25) is 4.79 Å². The molecule has 0 spiro atoms. The average Bonchev–Trinajstić information content (AvgIpc) is 2.66. The van der Waals surface area contributed by atoms with Crippen LogP contribution in [0.3, 0.4) is 0 Å². The number of pyridine rings is 1. The van der Waals surface area contributed by atoms with Crippen LogP contribution < -0.4 is 10.7 Å². The Bertz CT molecular complexity index is 1110. The minimum absolute atomic E-state index is 0.0360. The molecule has 1 aliphatic rings. The van der Waals surface area contributed by atoms with Crippen molar-refractivity contribution in [3.8, 4) is 11.8 Å². The van der Waals surface area contributed by atoms with Gasteiger partial charge in [-0.15, -0.1) is 0 Å². The van der Waals surface area contributed by atoms with Crippen LogP contribution in [0.1, 0.15) is 55.6 Å². The van der Waals surface area contributed by atoms with Crippen LogP contribution in [0.4, 0.5) is 4.79 Å². The van der Waals surface area contributed by atoms with Gasteiger partial charge < -0.3 is 19.4 Å². The lowest BCUT2D eigenvalue weighted by molar-refractivity contribution is 0.0517. The maximum Gasteiger partial charge on any atom is 0.408 e. The molecule has 0 bridgehead atoms. The number of nitrogens with one attached hydrogen (secondary N) is 1. The van der Waals surface area contributed by atoms with Crippen LogP contribution in [-0.2, 0) is 22.4 Å². The van der Waals surface area contributed by atoms with Crippen molar-refractivity contribution in [2.24, 2.45) is 0 Å². The molecule has 1 N–H and O–H groups in total. The van der Waals surface area contributed by atoms with Crippen molar-refractivity contribution < 1.29 is 19.1 Å². The van der Waals surface area contributed by atoms with Gasteiger partial charge in [0.25, 0.3) is 0 Å². The Labute approximate surface area is 175 Å². The summed E-state index contributed by atoms with van der Waals surface area (Å²) in [6, 6.07) is 3.66. The predicted octanol–water partition coefficient (Wildman–Crippen LogP) is 3.00.